The van der Waals surface area contributed by atoms with Gasteiger partial charge in [-0.15, -0.1) is 0 Å². The van der Waals surface area contributed by atoms with Crippen LogP contribution in [-0.2, 0) is 16.1 Å². The Bertz CT molecular complexity index is 1050. The van der Waals surface area contributed by atoms with Crippen LogP contribution in [0.4, 0.5) is 13.2 Å². The van der Waals surface area contributed by atoms with Gasteiger partial charge >= 0.3 is 12.1 Å². The smallest absolute Gasteiger partial charge is 0.437 e. The summed E-state index contributed by atoms with van der Waals surface area (Å²) >= 11 is 10.8. The number of hydrogen-bond donors (Lipinski definition) is 3. The van der Waals surface area contributed by atoms with Gasteiger partial charge in [0.2, 0.25) is 0 Å². The van der Waals surface area contributed by atoms with Gasteiger partial charge in [0, 0.05) is 5.02 Å². The molecule has 3 rings (SSSR count). The predicted molar refractivity (Wildman–Crippen MR) is 122 cm³/mol. The lowest BCUT2D eigenvalue weighted by Crippen LogP contribution is -2.73. The minimum Gasteiger partial charge on any atom is -0.493 e. The SMILES string of the molecule is CCOC(=O)[C@H]1[C@@H](c2ccc(OCc3ccc(Cl)cc3)c(OC)c2)NC(=S)N[C@]1(O)C(F)(F)F. The topological polar surface area (TPSA) is 89.1 Å². The van der Waals surface area contributed by atoms with E-state index in [4.69, 9.17) is 38.0 Å². The summed E-state index contributed by atoms with van der Waals surface area (Å²) in [5, 5.41) is 15.1. The molecular weight excluding hydrogens is 497 g/mol. The minimum atomic E-state index is -5.24. The van der Waals surface area contributed by atoms with Crippen LogP contribution >= 0.6 is 23.8 Å². The lowest BCUT2D eigenvalue weighted by molar-refractivity contribution is -0.292. The second-order valence-electron chi connectivity index (χ2n) is 7.40. The summed E-state index contributed by atoms with van der Waals surface area (Å²) in [5.41, 5.74) is -2.62. The van der Waals surface area contributed by atoms with Gasteiger partial charge in [-0.1, -0.05) is 29.8 Å². The van der Waals surface area contributed by atoms with Crippen LogP contribution in [0.15, 0.2) is 42.5 Å². The number of nitrogens with one attached hydrogen (secondary N) is 2. The Hall–Kier alpha value is -2.76. The maximum atomic E-state index is 13.9. The summed E-state index contributed by atoms with van der Waals surface area (Å²) in [6.45, 7) is 1.45. The number of aliphatic hydroxyl groups is 1. The molecule has 7 nitrogen and oxygen atoms in total. The van der Waals surface area contributed by atoms with Crippen molar-refractivity contribution in [2.45, 2.75) is 31.5 Å². The third-order valence-corrected chi connectivity index (χ3v) is 5.67. The monoisotopic (exact) mass is 518 g/mol. The van der Waals surface area contributed by atoms with Gasteiger partial charge in [-0.05, 0) is 54.5 Å². The van der Waals surface area contributed by atoms with E-state index < -0.39 is 34.9 Å². The molecule has 0 bridgehead atoms. The van der Waals surface area contributed by atoms with Crippen molar-refractivity contribution in [1.82, 2.24) is 10.6 Å². The summed E-state index contributed by atoms with van der Waals surface area (Å²) in [6.07, 6.45) is -5.24. The molecule has 2 aromatic rings. The summed E-state index contributed by atoms with van der Waals surface area (Å²) in [4.78, 5) is 12.6. The molecule has 2 aromatic carbocycles. The second kappa shape index (κ2) is 10.2. The molecule has 3 atom stereocenters. The molecule has 1 aliphatic heterocycles. The first-order valence-electron chi connectivity index (χ1n) is 10.1. The molecule has 3 N–H and O–H groups in total. The number of hydrogen-bond acceptors (Lipinski definition) is 6. The molecule has 0 amide bonds. The highest BCUT2D eigenvalue weighted by molar-refractivity contribution is 7.80. The highest BCUT2D eigenvalue weighted by atomic mass is 35.5. The molecule has 1 saturated heterocycles. The van der Waals surface area contributed by atoms with Gasteiger partial charge in [0.1, 0.15) is 12.5 Å². The molecule has 0 aliphatic carbocycles. The van der Waals surface area contributed by atoms with Crippen LogP contribution in [0.3, 0.4) is 0 Å². The van der Waals surface area contributed by atoms with Crippen LogP contribution in [0, 0.1) is 5.92 Å². The molecule has 0 unspecified atom stereocenters. The third kappa shape index (κ3) is 5.31. The largest absolute Gasteiger partial charge is 0.493 e. The molecular formula is C22H22ClF3N2O5S. The van der Waals surface area contributed by atoms with Crippen molar-refractivity contribution >= 4 is 34.9 Å². The van der Waals surface area contributed by atoms with Gasteiger partial charge in [-0.3, -0.25) is 4.79 Å². The fourth-order valence-corrected chi connectivity index (χ4v) is 3.96. The quantitative estimate of drug-likeness (QED) is 0.376. The fourth-order valence-electron chi connectivity index (χ4n) is 3.55. The lowest BCUT2D eigenvalue weighted by Gasteiger charge is -2.45. The van der Waals surface area contributed by atoms with Crippen molar-refractivity contribution < 1.29 is 37.3 Å². The predicted octanol–water partition coefficient (Wildman–Crippen LogP) is 3.88. The van der Waals surface area contributed by atoms with Gasteiger partial charge < -0.3 is 30.0 Å². The first-order chi connectivity index (χ1) is 16.0. The van der Waals surface area contributed by atoms with E-state index in [1.807, 2.05) is 0 Å². The highest BCUT2D eigenvalue weighted by Crippen LogP contribution is 2.44. The second-order valence-corrected chi connectivity index (χ2v) is 8.24. The fraction of sp³-hybridized carbons (Fsp3) is 0.364. The number of alkyl halides is 3. The van der Waals surface area contributed by atoms with Crippen molar-refractivity contribution in [2.75, 3.05) is 13.7 Å². The summed E-state index contributed by atoms with van der Waals surface area (Å²) in [7, 11) is 1.36. The van der Waals surface area contributed by atoms with E-state index in [1.54, 1.807) is 29.6 Å². The minimum absolute atomic E-state index is 0.179. The van der Waals surface area contributed by atoms with Crippen LogP contribution in [0.1, 0.15) is 24.1 Å². The molecule has 0 spiro atoms. The Balaban J connectivity index is 1.95. The maximum Gasteiger partial charge on any atom is 0.437 e. The molecule has 1 heterocycles. The standard InChI is InChI=1S/C22H22ClF3N2O5S/c1-3-32-19(29)17-18(27-20(34)28-21(17,30)22(24,25)26)13-6-9-15(16(10-13)31-2)33-11-12-4-7-14(23)8-5-12/h4-10,17-18,30H,3,11H2,1-2H3,(H2,27,28,34)/t17-,18-,21-/m1/s1. The Kier molecular flexibility index (Phi) is 7.79. The van der Waals surface area contributed by atoms with Crippen LogP contribution < -0.4 is 20.1 Å². The van der Waals surface area contributed by atoms with Crippen LogP contribution in [0.5, 0.6) is 11.5 Å². The zero-order valence-electron chi connectivity index (χ0n) is 18.1. The molecule has 12 heteroatoms. The molecule has 1 aliphatic rings. The van der Waals surface area contributed by atoms with E-state index in [2.05, 4.69) is 5.32 Å². The summed E-state index contributed by atoms with van der Waals surface area (Å²) < 4.78 is 57.6. The molecule has 34 heavy (non-hydrogen) atoms. The molecule has 1 fully saturated rings. The Labute approximate surface area is 204 Å². The van der Waals surface area contributed by atoms with Gasteiger partial charge in [-0.2, -0.15) is 13.2 Å². The number of benzene rings is 2. The number of carbonyl (C=O) groups is 1. The average molecular weight is 519 g/mol. The van der Waals surface area contributed by atoms with Crippen molar-refractivity contribution in [2.24, 2.45) is 5.92 Å². The molecule has 0 saturated carbocycles. The number of esters is 1. The number of rotatable bonds is 7. The van der Waals surface area contributed by atoms with Crippen LogP contribution in [-0.4, -0.2) is 41.8 Å². The molecule has 184 valence electrons. The number of carbonyl (C=O) groups excluding carboxylic acids is 1. The molecule has 0 aromatic heterocycles. The number of thiocarbonyl (C=S) groups is 1. The Morgan fingerprint density at radius 3 is 2.47 bits per heavy atom. The average Bonchev–Trinajstić information content (AvgIpc) is 2.77. The normalized spacial score (nSPS) is 22.4. The van der Waals surface area contributed by atoms with Gasteiger partial charge in [0.05, 0.1) is 19.8 Å². The van der Waals surface area contributed by atoms with Crippen molar-refractivity contribution in [3.05, 3.63) is 58.6 Å². The van der Waals surface area contributed by atoms with E-state index >= 15 is 0 Å². The Morgan fingerprint density at radius 1 is 1.21 bits per heavy atom. The summed E-state index contributed by atoms with van der Waals surface area (Å²) in [6, 6.07) is 9.97. The molecule has 0 radical (unpaired) electrons. The first-order valence-corrected chi connectivity index (χ1v) is 10.9. The lowest BCUT2D eigenvalue weighted by atomic mass is 9.82. The van der Waals surface area contributed by atoms with E-state index in [0.29, 0.717) is 10.8 Å². The van der Waals surface area contributed by atoms with E-state index in [0.717, 1.165) is 5.56 Å². The number of methoxy groups -OCH3 is 1. The van der Waals surface area contributed by atoms with Crippen molar-refractivity contribution in [3.63, 3.8) is 0 Å². The van der Waals surface area contributed by atoms with E-state index in [9.17, 15) is 23.1 Å². The summed E-state index contributed by atoms with van der Waals surface area (Å²) in [5.74, 6) is -2.84. The van der Waals surface area contributed by atoms with Gasteiger partial charge in [0.25, 0.3) is 5.72 Å². The van der Waals surface area contributed by atoms with Crippen LogP contribution in [0.25, 0.3) is 0 Å². The maximum absolute atomic E-state index is 13.9. The van der Waals surface area contributed by atoms with E-state index in [1.165, 1.54) is 32.2 Å². The zero-order valence-corrected chi connectivity index (χ0v) is 19.7. The van der Waals surface area contributed by atoms with E-state index in [-0.39, 0.29) is 24.5 Å². The van der Waals surface area contributed by atoms with Gasteiger partial charge in [-0.25, -0.2) is 0 Å². The number of ether oxygens (including phenoxy) is 3. The zero-order chi connectivity index (χ0) is 25.1. The highest BCUT2D eigenvalue weighted by Gasteiger charge is 2.66. The first kappa shape index (κ1) is 25.9. The van der Waals surface area contributed by atoms with Gasteiger partial charge in [0.15, 0.2) is 16.6 Å². The Morgan fingerprint density at radius 2 is 1.88 bits per heavy atom. The van der Waals surface area contributed by atoms with Crippen molar-refractivity contribution in [3.8, 4) is 11.5 Å². The number of halogens is 4. The van der Waals surface area contributed by atoms with Crippen LogP contribution in [0.2, 0.25) is 5.02 Å². The third-order valence-electron chi connectivity index (χ3n) is 5.20. The van der Waals surface area contributed by atoms with Crippen molar-refractivity contribution in [1.29, 1.82) is 0 Å².